The molecule has 0 saturated carbocycles. The lowest BCUT2D eigenvalue weighted by atomic mass is 10.0. The maximum atomic E-state index is 15.2. The molecule has 2 unspecified atom stereocenters. The third-order valence-corrected chi connectivity index (χ3v) is 6.44. The number of hydrogen-bond donors (Lipinski definition) is 3. The highest BCUT2D eigenvalue weighted by Gasteiger charge is 2.42. The summed E-state index contributed by atoms with van der Waals surface area (Å²) in [5.74, 6) is -3.11. The Balaban J connectivity index is 1.33. The van der Waals surface area contributed by atoms with Gasteiger partial charge in [-0.05, 0) is 12.5 Å². The van der Waals surface area contributed by atoms with Gasteiger partial charge in [0.2, 0.25) is 11.8 Å². The van der Waals surface area contributed by atoms with Crippen LogP contribution in [0.3, 0.4) is 0 Å². The maximum Gasteiger partial charge on any atom is 0.407 e. The molecule has 10 nitrogen and oxygen atoms in total. The van der Waals surface area contributed by atoms with E-state index in [4.69, 9.17) is 16.3 Å². The molecule has 3 heterocycles. The molecule has 3 N–H and O–H groups in total. The van der Waals surface area contributed by atoms with Gasteiger partial charge in [0, 0.05) is 54.7 Å². The number of imide groups is 1. The standard InChI is InChI=1S/C21H22ClF4N5O5/c22-13-3-11(5-27-20(35)36-8-10-4-28-30(6-10)9-21(24,25)26)17(23)16-12(13)7-31(19(16)34)14-1-2-15(32)29-18(14)33/h3,10,14,28H,1-2,4-9H2,(H,27,35)(H,29,32,33). The van der Waals surface area contributed by atoms with Crippen LogP contribution in [0.5, 0.6) is 0 Å². The number of nitrogens with zero attached hydrogens (tertiary/aromatic N) is 2. The minimum Gasteiger partial charge on any atom is -0.449 e. The van der Waals surface area contributed by atoms with Gasteiger partial charge < -0.3 is 15.0 Å². The summed E-state index contributed by atoms with van der Waals surface area (Å²) >= 11 is 6.26. The minimum atomic E-state index is -4.36. The van der Waals surface area contributed by atoms with Crippen LogP contribution < -0.4 is 16.1 Å². The van der Waals surface area contributed by atoms with Crippen molar-refractivity contribution in [3.05, 3.63) is 33.6 Å². The van der Waals surface area contributed by atoms with Gasteiger partial charge >= 0.3 is 12.3 Å². The van der Waals surface area contributed by atoms with Gasteiger partial charge in [0.25, 0.3) is 5.91 Å². The fraction of sp³-hybridized carbons (Fsp3) is 0.524. The van der Waals surface area contributed by atoms with E-state index in [1.807, 2.05) is 0 Å². The van der Waals surface area contributed by atoms with E-state index < -0.39 is 48.4 Å². The number of alkyl halides is 3. The Morgan fingerprint density at radius 2 is 2.03 bits per heavy atom. The van der Waals surface area contributed by atoms with E-state index in [1.165, 1.54) is 6.07 Å². The Labute approximate surface area is 207 Å². The molecule has 15 heteroatoms. The molecule has 1 aromatic carbocycles. The molecule has 0 bridgehead atoms. The van der Waals surface area contributed by atoms with Crippen molar-refractivity contribution in [2.24, 2.45) is 5.92 Å². The molecule has 3 aliphatic heterocycles. The largest absolute Gasteiger partial charge is 0.449 e. The number of rotatable bonds is 6. The quantitative estimate of drug-likeness (QED) is 0.373. The van der Waals surface area contributed by atoms with Gasteiger partial charge in [0.05, 0.1) is 12.2 Å². The van der Waals surface area contributed by atoms with Gasteiger partial charge in [-0.15, -0.1) is 0 Å². The van der Waals surface area contributed by atoms with E-state index in [-0.39, 0.29) is 73.3 Å². The first-order chi connectivity index (χ1) is 16.9. The number of piperidine rings is 1. The lowest BCUT2D eigenvalue weighted by Gasteiger charge is -2.29. The molecule has 196 valence electrons. The molecular weight excluding hydrogens is 514 g/mol. The van der Waals surface area contributed by atoms with Gasteiger partial charge in [-0.2, -0.15) is 13.2 Å². The SMILES string of the molecule is O=C1CCC(N2Cc3c(Cl)cc(CNC(=O)OCC4CNN(CC(F)(F)F)C4)c(F)c3C2=O)C(=O)N1. The minimum absolute atomic E-state index is 0.0354. The van der Waals surface area contributed by atoms with E-state index >= 15 is 4.39 Å². The molecule has 0 aromatic heterocycles. The number of alkyl carbamates (subject to hydrolysis) is 1. The average molecular weight is 536 g/mol. The molecule has 3 aliphatic rings. The van der Waals surface area contributed by atoms with Crippen molar-refractivity contribution in [2.75, 3.05) is 26.2 Å². The molecule has 0 aliphatic carbocycles. The van der Waals surface area contributed by atoms with Crippen molar-refractivity contribution in [3.63, 3.8) is 0 Å². The summed E-state index contributed by atoms with van der Waals surface area (Å²) in [5.41, 5.74) is 2.38. The van der Waals surface area contributed by atoms with Crippen molar-refractivity contribution in [3.8, 4) is 0 Å². The highest BCUT2D eigenvalue weighted by Crippen LogP contribution is 2.35. The number of amides is 4. The first-order valence-corrected chi connectivity index (χ1v) is 11.4. The fourth-order valence-corrected chi connectivity index (χ4v) is 4.68. The predicted octanol–water partition coefficient (Wildman–Crippen LogP) is 1.46. The van der Waals surface area contributed by atoms with Crippen molar-refractivity contribution in [1.82, 2.24) is 26.0 Å². The number of hydrazine groups is 1. The maximum absolute atomic E-state index is 15.2. The summed E-state index contributed by atoms with van der Waals surface area (Å²) in [6.07, 6.45) is -5.13. The van der Waals surface area contributed by atoms with Crippen LogP contribution in [0.1, 0.15) is 34.3 Å². The van der Waals surface area contributed by atoms with E-state index in [0.29, 0.717) is 0 Å². The second-order valence-corrected chi connectivity index (χ2v) is 9.17. The third-order valence-electron chi connectivity index (χ3n) is 6.11. The Kier molecular flexibility index (Phi) is 7.38. The Morgan fingerprint density at radius 1 is 1.28 bits per heavy atom. The van der Waals surface area contributed by atoms with Crippen LogP contribution in [0.15, 0.2) is 6.07 Å². The number of carbonyl (C=O) groups excluding carboxylic acids is 4. The zero-order valence-electron chi connectivity index (χ0n) is 18.7. The van der Waals surface area contributed by atoms with Crippen LogP contribution in [-0.2, 0) is 27.4 Å². The molecule has 1 aromatic rings. The first kappa shape index (κ1) is 26.1. The predicted molar refractivity (Wildman–Crippen MR) is 115 cm³/mol. The summed E-state index contributed by atoms with van der Waals surface area (Å²) < 4.78 is 57.6. The second kappa shape index (κ2) is 10.2. The number of nitrogens with one attached hydrogen (secondary N) is 3. The normalized spacial score (nSPS) is 22.6. The topological polar surface area (TPSA) is 120 Å². The summed E-state index contributed by atoms with van der Waals surface area (Å²) in [4.78, 5) is 49.7. The molecular formula is C21H22ClF4N5O5. The van der Waals surface area contributed by atoms with Crippen LogP contribution in [-0.4, -0.2) is 72.2 Å². The molecule has 4 rings (SSSR count). The number of carbonyl (C=O) groups is 4. The number of fused-ring (bicyclic) bond motifs is 1. The van der Waals surface area contributed by atoms with E-state index in [1.54, 1.807) is 0 Å². The van der Waals surface area contributed by atoms with Crippen molar-refractivity contribution in [2.45, 2.75) is 38.1 Å². The van der Waals surface area contributed by atoms with Gasteiger partial charge in [0.1, 0.15) is 18.4 Å². The van der Waals surface area contributed by atoms with Crippen molar-refractivity contribution >= 4 is 35.4 Å². The number of ether oxygens (including phenoxy) is 1. The summed E-state index contributed by atoms with van der Waals surface area (Å²) in [7, 11) is 0. The van der Waals surface area contributed by atoms with E-state index in [9.17, 15) is 32.3 Å². The lowest BCUT2D eigenvalue weighted by molar-refractivity contribution is -0.149. The highest BCUT2D eigenvalue weighted by atomic mass is 35.5. The van der Waals surface area contributed by atoms with E-state index in [2.05, 4.69) is 16.1 Å². The Morgan fingerprint density at radius 3 is 2.72 bits per heavy atom. The molecule has 2 atom stereocenters. The third kappa shape index (κ3) is 5.71. The van der Waals surface area contributed by atoms with Gasteiger partial charge in [-0.1, -0.05) is 11.6 Å². The number of benzene rings is 1. The Bertz CT molecular complexity index is 1100. The zero-order chi connectivity index (χ0) is 26.2. The molecule has 0 radical (unpaired) electrons. The highest BCUT2D eigenvalue weighted by molar-refractivity contribution is 6.32. The van der Waals surface area contributed by atoms with Crippen LogP contribution in [0, 0.1) is 11.7 Å². The molecule has 2 saturated heterocycles. The van der Waals surface area contributed by atoms with Crippen molar-refractivity contribution < 1.29 is 41.5 Å². The molecule has 36 heavy (non-hydrogen) atoms. The van der Waals surface area contributed by atoms with Crippen LogP contribution in [0.4, 0.5) is 22.4 Å². The average Bonchev–Trinajstić information content (AvgIpc) is 3.37. The number of hydrogen-bond acceptors (Lipinski definition) is 7. The summed E-state index contributed by atoms with van der Waals surface area (Å²) in [6, 6.07) is 0.319. The van der Waals surface area contributed by atoms with Crippen LogP contribution in [0.25, 0.3) is 0 Å². The fourth-order valence-electron chi connectivity index (χ4n) is 4.40. The molecule has 4 amide bonds. The summed E-state index contributed by atoms with van der Waals surface area (Å²) in [5, 5.41) is 5.55. The molecule has 0 spiro atoms. The van der Waals surface area contributed by atoms with E-state index in [0.717, 1.165) is 9.91 Å². The second-order valence-electron chi connectivity index (χ2n) is 8.76. The zero-order valence-corrected chi connectivity index (χ0v) is 19.5. The van der Waals surface area contributed by atoms with Gasteiger partial charge in [-0.3, -0.25) is 25.1 Å². The number of halogens is 5. The van der Waals surface area contributed by atoms with Crippen LogP contribution in [0.2, 0.25) is 5.02 Å². The molecule has 2 fully saturated rings. The van der Waals surface area contributed by atoms with Gasteiger partial charge in [0.15, 0.2) is 0 Å². The lowest BCUT2D eigenvalue weighted by Crippen LogP contribution is -2.52. The summed E-state index contributed by atoms with van der Waals surface area (Å²) in [6.45, 7) is -1.52. The van der Waals surface area contributed by atoms with Gasteiger partial charge in [-0.25, -0.2) is 14.2 Å². The smallest absolute Gasteiger partial charge is 0.407 e. The first-order valence-electron chi connectivity index (χ1n) is 11.0. The van der Waals surface area contributed by atoms with Crippen molar-refractivity contribution in [1.29, 1.82) is 0 Å². The Hall–Kier alpha value is -2.97. The monoisotopic (exact) mass is 535 g/mol. The van der Waals surface area contributed by atoms with Crippen LogP contribution >= 0.6 is 11.6 Å².